The fourth-order valence-electron chi connectivity index (χ4n) is 3.94. The van der Waals surface area contributed by atoms with E-state index in [4.69, 9.17) is 25.8 Å². The Kier molecular flexibility index (Phi) is 11.3. The van der Waals surface area contributed by atoms with E-state index < -0.39 is 6.04 Å². The monoisotopic (exact) mass is 538 g/mol. The predicted octanol–water partition coefficient (Wildman–Crippen LogP) is 5.29. The van der Waals surface area contributed by atoms with Crippen LogP contribution in [0.1, 0.15) is 30.9 Å². The van der Waals surface area contributed by atoms with Gasteiger partial charge in [-0.1, -0.05) is 67.4 Å². The Bertz CT molecular complexity index is 1150. The lowest BCUT2D eigenvalue weighted by molar-refractivity contribution is -0.142. The maximum atomic E-state index is 13.7. The van der Waals surface area contributed by atoms with E-state index in [0.29, 0.717) is 35.2 Å². The second-order valence-electron chi connectivity index (χ2n) is 8.84. The van der Waals surface area contributed by atoms with Gasteiger partial charge in [0.25, 0.3) is 5.91 Å². The summed E-state index contributed by atoms with van der Waals surface area (Å²) in [5.41, 5.74) is 1.81. The Morgan fingerprint density at radius 3 is 2.13 bits per heavy atom. The molecule has 0 saturated carbocycles. The number of methoxy groups -OCH3 is 2. The first-order chi connectivity index (χ1) is 18.4. The molecule has 7 nitrogen and oxygen atoms in total. The standard InChI is InChI=1S/C30H35ClN2O5/c1-4-5-15-32-30(35)28(16-22-9-7-6-8-10-22)33(20-23-11-13-24(31)14-12-23)29(34)21-38-27-18-25(36-2)17-26(19-27)37-3/h6-14,17-19,28H,4-5,15-16,20-21H2,1-3H3,(H,32,35). The number of amides is 2. The molecular weight excluding hydrogens is 504 g/mol. The highest BCUT2D eigenvalue weighted by molar-refractivity contribution is 6.30. The lowest BCUT2D eigenvalue weighted by atomic mass is 10.0. The Labute approximate surface area is 229 Å². The molecule has 38 heavy (non-hydrogen) atoms. The summed E-state index contributed by atoms with van der Waals surface area (Å²) in [5.74, 6) is 0.984. The average molecular weight is 539 g/mol. The number of hydrogen-bond donors (Lipinski definition) is 1. The third kappa shape index (κ3) is 8.70. The van der Waals surface area contributed by atoms with Gasteiger partial charge in [0.05, 0.1) is 14.2 Å². The normalized spacial score (nSPS) is 11.4. The van der Waals surface area contributed by atoms with Crippen molar-refractivity contribution >= 4 is 23.4 Å². The van der Waals surface area contributed by atoms with E-state index in [1.807, 2.05) is 42.5 Å². The molecule has 0 aromatic heterocycles. The predicted molar refractivity (Wildman–Crippen MR) is 149 cm³/mol. The molecule has 0 aliphatic heterocycles. The Morgan fingerprint density at radius 1 is 0.895 bits per heavy atom. The molecule has 0 heterocycles. The summed E-state index contributed by atoms with van der Waals surface area (Å²) in [6.07, 6.45) is 2.18. The number of nitrogens with zero attached hydrogens (tertiary/aromatic N) is 1. The maximum Gasteiger partial charge on any atom is 0.261 e. The molecule has 8 heteroatoms. The lowest BCUT2D eigenvalue weighted by Crippen LogP contribution is -2.51. The molecule has 0 fully saturated rings. The first kappa shape index (κ1) is 28.9. The summed E-state index contributed by atoms with van der Waals surface area (Å²) >= 11 is 6.08. The molecule has 0 saturated heterocycles. The molecule has 202 valence electrons. The first-order valence-corrected chi connectivity index (χ1v) is 13.0. The number of halogens is 1. The number of unbranched alkanes of at least 4 members (excludes halogenated alkanes) is 1. The molecule has 0 bridgehead atoms. The first-order valence-electron chi connectivity index (χ1n) is 12.6. The summed E-state index contributed by atoms with van der Waals surface area (Å²) in [6, 6.07) is 21.3. The quantitative estimate of drug-likeness (QED) is 0.282. The number of ether oxygens (including phenoxy) is 3. The van der Waals surface area contributed by atoms with Crippen molar-refractivity contribution < 1.29 is 23.8 Å². The van der Waals surface area contributed by atoms with E-state index in [2.05, 4.69) is 12.2 Å². The molecule has 3 rings (SSSR count). The third-order valence-corrected chi connectivity index (χ3v) is 6.31. The van der Waals surface area contributed by atoms with Crippen molar-refractivity contribution in [2.45, 2.75) is 38.8 Å². The molecule has 0 radical (unpaired) electrons. The van der Waals surface area contributed by atoms with Crippen LogP contribution in [0.4, 0.5) is 0 Å². The molecule has 2 amide bonds. The van der Waals surface area contributed by atoms with Gasteiger partial charge < -0.3 is 24.4 Å². The van der Waals surface area contributed by atoms with Crippen LogP contribution in [0.25, 0.3) is 0 Å². The minimum Gasteiger partial charge on any atom is -0.496 e. The summed E-state index contributed by atoms with van der Waals surface area (Å²) in [6.45, 7) is 2.56. The van der Waals surface area contributed by atoms with Gasteiger partial charge in [0.2, 0.25) is 5.91 Å². The fraction of sp³-hybridized carbons (Fsp3) is 0.333. The third-order valence-electron chi connectivity index (χ3n) is 6.05. The molecule has 1 N–H and O–H groups in total. The minimum atomic E-state index is -0.735. The largest absolute Gasteiger partial charge is 0.496 e. The lowest BCUT2D eigenvalue weighted by Gasteiger charge is -2.31. The number of carbonyl (C=O) groups is 2. The smallest absolute Gasteiger partial charge is 0.261 e. The van der Waals surface area contributed by atoms with Crippen LogP contribution in [0.15, 0.2) is 72.8 Å². The van der Waals surface area contributed by atoms with Gasteiger partial charge in [0.1, 0.15) is 23.3 Å². The molecule has 3 aromatic carbocycles. The number of hydrogen-bond acceptors (Lipinski definition) is 5. The fourth-order valence-corrected chi connectivity index (χ4v) is 4.07. The number of carbonyl (C=O) groups excluding carboxylic acids is 2. The zero-order valence-electron chi connectivity index (χ0n) is 22.1. The van der Waals surface area contributed by atoms with E-state index in [1.54, 1.807) is 49.5 Å². The Morgan fingerprint density at radius 2 is 1.53 bits per heavy atom. The Balaban J connectivity index is 1.89. The number of nitrogens with one attached hydrogen (secondary N) is 1. The van der Waals surface area contributed by atoms with Gasteiger partial charge in [-0.3, -0.25) is 9.59 Å². The Hall–Kier alpha value is -3.71. The maximum absolute atomic E-state index is 13.7. The van der Waals surface area contributed by atoms with Gasteiger partial charge in [-0.05, 0) is 29.7 Å². The van der Waals surface area contributed by atoms with Crippen LogP contribution in [-0.4, -0.2) is 50.1 Å². The topological polar surface area (TPSA) is 77.1 Å². The molecular formula is C30H35ClN2O5. The van der Waals surface area contributed by atoms with E-state index in [0.717, 1.165) is 24.0 Å². The van der Waals surface area contributed by atoms with Crippen molar-refractivity contribution in [3.8, 4) is 17.2 Å². The summed E-state index contributed by atoms with van der Waals surface area (Å²) in [5, 5.41) is 3.61. The van der Waals surface area contributed by atoms with Gasteiger partial charge >= 0.3 is 0 Å². The highest BCUT2D eigenvalue weighted by Crippen LogP contribution is 2.27. The van der Waals surface area contributed by atoms with Gasteiger partial charge in [-0.2, -0.15) is 0 Å². The minimum absolute atomic E-state index is 0.201. The molecule has 0 aliphatic rings. The van der Waals surface area contributed by atoms with Crippen molar-refractivity contribution in [3.05, 3.63) is 88.9 Å². The van der Waals surface area contributed by atoms with E-state index >= 15 is 0 Å². The van der Waals surface area contributed by atoms with Crippen molar-refractivity contribution in [1.29, 1.82) is 0 Å². The highest BCUT2D eigenvalue weighted by atomic mass is 35.5. The van der Waals surface area contributed by atoms with Crippen molar-refractivity contribution in [2.75, 3.05) is 27.4 Å². The summed E-state index contributed by atoms with van der Waals surface area (Å²) < 4.78 is 16.5. The van der Waals surface area contributed by atoms with Crippen LogP contribution < -0.4 is 19.5 Å². The molecule has 0 spiro atoms. The van der Waals surface area contributed by atoms with Gasteiger partial charge in [0.15, 0.2) is 6.61 Å². The highest BCUT2D eigenvalue weighted by Gasteiger charge is 2.30. The average Bonchev–Trinajstić information content (AvgIpc) is 2.95. The molecule has 1 atom stereocenters. The van der Waals surface area contributed by atoms with Crippen LogP contribution in [0, 0.1) is 0 Å². The van der Waals surface area contributed by atoms with Crippen LogP contribution in [0.5, 0.6) is 17.2 Å². The van der Waals surface area contributed by atoms with Crippen LogP contribution in [-0.2, 0) is 22.6 Å². The molecule has 0 aliphatic carbocycles. The second kappa shape index (κ2) is 14.9. The molecule has 3 aromatic rings. The van der Waals surface area contributed by atoms with Gasteiger partial charge in [0, 0.05) is 42.7 Å². The van der Waals surface area contributed by atoms with Crippen molar-refractivity contribution in [2.24, 2.45) is 0 Å². The second-order valence-corrected chi connectivity index (χ2v) is 9.27. The van der Waals surface area contributed by atoms with E-state index in [-0.39, 0.29) is 25.0 Å². The van der Waals surface area contributed by atoms with Crippen molar-refractivity contribution in [3.63, 3.8) is 0 Å². The summed E-state index contributed by atoms with van der Waals surface area (Å²) in [4.78, 5) is 28.7. The molecule has 1 unspecified atom stereocenters. The van der Waals surface area contributed by atoms with E-state index in [9.17, 15) is 9.59 Å². The van der Waals surface area contributed by atoms with Crippen LogP contribution in [0.2, 0.25) is 5.02 Å². The van der Waals surface area contributed by atoms with Crippen molar-refractivity contribution in [1.82, 2.24) is 10.2 Å². The number of benzene rings is 3. The number of rotatable bonds is 14. The van der Waals surface area contributed by atoms with E-state index in [1.165, 1.54) is 0 Å². The van der Waals surface area contributed by atoms with Gasteiger partial charge in [-0.25, -0.2) is 0 Å². The summed E-state index contributed by atoms with van der Waals surface area (Å²) in [7, 11) is 3.09. The van der Waals surface area contributed by atoms with Crippen LogP contribution >= 0.6 is 11.6 Å². The van der Waals surface area contributed by atoms with Crippen LogP contribution in [0.3, 0.4) is 0 Å². The van der Waals surface area contributed by atoms with Gasteiger partial charge in [-0.15, -0.1) is 0 Å². The zero-order chi connectivity index (χ0) is 27.3. The zero-order valence-corrected chi connectivity index (χ0v) is 22.9. The SMILES string of the molecule is CCCCNC(=O)C(Cc1ccccc1)N(Cc1ccc(Cl)cc1)C(=O)COc1cc(OC)cc(OC)c1.